The van der Waals surface area contributed by atoms with Crippen LogP contribution in [-0.2, 0) is 0 Å². The third-order valence-electron chi connectivity index (χ3n) is 11.0. The van der Waals surface area contributed by atoms with Gasteiger partial charge in [0.15, 0.2) is 0 Å². The molecule has 0 unspecified atom stereocenters. The van der Waals surface area contributed by atoms with Crippen molar-refractivity contribution in [2.45, 2.75) is 155 Å². The number of hydrogen-bond acceptors (Lipinski definition) is 8. The molecule has 0 bridgehead atoms. The highest BCUT2D eigenvalue weighted by molar-refractivity contribution is 5.49. The van der Waals surface area contributed by atoms with Gasteiger partial charge in [-0.05, 0) is 93.9 Å². The number of aromatic nitrogens is 3. The molecule has 0 spiro atoms. The van der Waals surface area contributed by atoms with Crippen molar-refractivity contribution in [2.24, 2.45) is 0 Å². The Morgan fingerprint density at radius 2 is 0.898 bits per heavy atom. The summed E-state index contributed by atoms with van der Waals surface area (Å²) >= 11 is 0. The molecule has 2 aliphatic heterocycles. The average molecular weight is 677 g/mol. The predicted octanol–water partition coefficient (Wildman–Crippen LogP) is 8.68. The van der Waals surface area contributed by atoms with Crippen molar-refractivity contribution >= 4 is 17.8 Å². The molecule has 2 aliphatic rings. The first-order valence-electron chi connectivity index (χ1n) is 19.0. The minimum absolute atomic E-state index is 0.00872. The molecule has 276 valence electrons. The molecule has 8 heteroatoms. The van der Waals surface area contributed by atoms with Crippen LogP contribution in [0.1, 0.15) is 121 Å². The molecular formula is C41H72N8. The first kappa shape index (κ1) is 40.7. The lowest BCUT2D eigenvalue weighted by atomic mass is 9.76. The zero-order chi connectivity index (χ0) is 36.6. The summed E-state index contributed by atoms with van der Waals surface area (Å²) in [6, 6.07) is 0.578. The highest BCUT2D eigenvalue weighted by Crippen LogP contribution is 2.43. The monoisotopic (exact) mass is 677 g/mol. The largest absolute Gasteiger partial charge is 0.338 e. The van der Waals surface area contributed by atoms with Gasteiger partial charge in [-0.25, -0.2) is 0 Å². The van der Waals surface area contributed by atoms with Gasteiger partial charge in [0, 0.05) is 73.5 Å². The molecule has 2 saturated heterocycles. The van der Waals surface area contributed by atoms with E-state index in [4.69, 9.17) is 15.0 Å². The molecule has 0 amide bonds. The molecule has 1 aromatic rings. The van der Waals surface area contributed by atoms with Crippen molar-refractivity contribution in [2.75, 3.05) is 54.0 Å². The fraction of sp³-hybridized carbons (Fsp3) is 0.732. The van der Waals surface area contributed by atoms with Crippen LogP contribution in [0, 0.1) is 0 Å². The van der Waals surface area contributed by atoms with Gasteiger partial charge in [0.2, 0.25) is 17.8 Å². The fourth-order valence-corrected chi connectivity index (χ4v) is 9.06. The summed E-state index contributed by atoms with van der Waals surface area (Å²) in [4.78, 5) is 28.6. The van der Waals surface area contributed by atoms with Gasteiger partial charge in [0.1, 0.15) is 0 Å². The minimum atomic E-state index is -0.00872. The molecule has 0 radical (unpaired) electrons. The van der Waals surface area contributed by atoms with Gasteiger partial charge in [-0.3, -0.25) is 9.80 Å². The van der Waals surface area contributed by atoms with Crippen LogP contribution in [-0.4, -0.2) is 98.3 Å². The summed E-state index contributed by atoms with van der Waals surface area (Å²) in [5, 5.41) is 0. The van der Waals surface area contributed by atoms with Crippen LogP contribution in [0.25, 0.3) is 0 Å². The molecule has 8 nitrogen and oxygen atoms in total. The number of anilines is 3. The second kappa shape index (κ2) is 17.0. The number of rotatable bonds is 19. The summed E-state index contributed by atoms with van der Waals surface area (Å²) in [6.07, 6.45) is 16.4. The van der Waals surface area contributed by atoms with Crippen molar-refractivity contribution in [3.63, 3.8) is 0 Å². The van der Waals surface area contributed by atoms with E-state index in [2.05, 4.69) is 120 Å². The Morgan fingerprint density at radius 3 is 1.18 bits per heavy atom. The van der Waals surface area contributed by atoms with Crippen molar-refractivity contribution < 1.29 is 0 Å². The lowest BCUT2D eigenvalue weighted by Crippen LogP contribution is -2.64. The Labute approximate surface area is 301 Å². The van der Waals surface area contributed by atoms with E-state index in [0.29, 0.717) is 19.0 Å². The number of likely N-dealkylation sites (tertiary alicyclic amines) is 2. The van der Waals surface area contributed by atoms with Gasteiger partial charge in [-0.1, -0.05) is 51.0 Å². The van der Waals surface area contributed by atoms with E-state index < -0.39 is 0 Å². The van der Waals surface area contributed by atoms with Gasteiger partial charge in [-0.15, -0.1) is 26.3 Å². The van der Waals surface area contributed by atoms with Gasteiger partial charge in [0.25, 0.3) is 0 Å². The topological polar surface area (TPSA) is 54.9 Å². The fourth-order valence-electron chi connectivity index (χ4n) is 9.06. The van der Waals surface area contributed by atoms with Gasteiger partial charge in [-0.2, -0.15) is 15.0 Å². The van der Waals surface area contributed by atoms with E-state index in [9.17, 15) is 0 Å². The predicted molar refractivity (Wildman–Crippen MR) is 213 cm³/mol. The molecule has 3 heterocycles. The normalized spacial score (nSPS) is 20.8. The maximum atomic E-state index is 5.49. The molecule has 3 rings (SSSR count). The molecule has 0 saturated carbocycles. The highest BCUT2D eigenvalue weighted by Gasteiger charge is 2.48. The summed E-state index contributed by atoms with van der Waals surface area (Å²) in [6.45, 7) is 44.8. The molecule has 0 aliphatic carbocycles. The third-order valence-corrected chi connectivity index (χ3v) is 11.0. The maximum Gasteiger partial charge on any atom is 0.232 e. The molecule has 0 N–H and O–H groups in total. The van der Waals surface area contributed by atoms with Crippen LogP contribution in [0.4, 0.5) is 17.8 Å². The Hall–Kier alpha value is -2.71. The SMILES string of the molecule is C=CCN(CC=C)c1nc(N(CCCC)C2CC(C)(C)N(CC=C)C(C)(C)C2)nc(N(CCCC)C2CC(C)(C)N(CC=C)C(C)(C)C2)n1. The summed E-state index contributed by atoms with van der Waals surface area (Å²) in [5.41, 5.74) is -0.0349. The Kier molecular flexibility index (Phi) is 14.1. The lowest BCUT2D eigenvalue weighted by molar-refractivity contribution is -0.0263. The second-order valence-corrected chi connectivity index (χ2v) is 17.0. The molecule has 49 heavy (non-hydrogen) atoms. The van der Waals surface area contributed by atoms with Crippen molar-refractivity contribution in [1.29, 1.82) is 0 Å². The number of unbranched alkanes of at least 4 members (excludes halogenated alkanes) is 2. The van der Waals surface area contributed by atoms with Crippen molar-refractivity contribution in [3.05, 3.63) is 50.6 Å². The zero-order valence-electron chi connectivity index (χ0n) is 33.3. The molecular weight excluding hydrogens is 605 g/mol. The zero-order valence-corrected chi connectivity index (χ0v) is 33.3. The Morgan fingerprint density at radius 1 is 0.571 bits per heavy atom. The van der Waals surface area contributed by atoms with E-state index in [0.717, 1.165) is 89.4 Å². The van der Waals surface area contributed by atoms with Crippen molar-refractivity contribution in [3.8, 4) is 0 Å². The van der Waals surface area contributed by atoms with E-state index in [1.54, 1.807) is 0 Å². The highest BCUT2D eigenvalue weighted by atomic mass is 15.4. The number of piperidine rings is 2. The molecule has 2 fully saturated rings. The van der Waals surface area contributed by atoms with E-state index in [1.165, 1.54) is 0 Å². The van der Waals surface area contributed by atoms with Crippen LogP contribution in [0.15, 0.2) is 50.6 Å². The van der Waals surface area contributed by atoms with Crippen LogP contribution in [0.3, 0.4) is 0 Å². The average Bonchev–Trinajstić information content (AvgIpc) is 3.00. The maximum absolute atomic E-state index is 5.49. The van der Waals surface area contributed by atoms with Gasteiger partial charge in [0.05, 0.1) is 0 Å². The molecule has 0 aromatic carbocycles. The first-order valence-corrected chi connectivity index (χ1v) is 19.0. The standard InChI is InChI=1S/C41H72N8/c1-15-21-27-46(33-29-38(7,8)48(25-19-5)39(9,10)30-33)36-42-35(45(23-17-3)24-18-4)43-37(44-36)47(28-22-16-2)34-31-40(11,12)49(26-20-6)41(13,14)32-34/h17-20,33-34H,3-6,15-16,21-32H2,1-2,7-14H3. The van der Waals surface area contributed by atoms with Gasteiger partial charge >= 0.3 is 0 Å². The number of nitrogens with zero attached hydrogens (tertiary/aromatic N) is 8. The Balaban J connectivity index is 2.23. The van der Waals surface area contributed by atoms with Crippen LogP contribution >= 0.6 is 0 Å². The van der Waals surface area contributed by atoms with E-state index in [-0.39, 0.29) is 34.2 Å². The quantitative estimate of drug-likeness (QED) is 0.135. The van der Waals surface area contributed by atoms with Crippen LogP contribution in [0.5, 0.6) is 0 Å². The second-order valence-electron chi connectivity index (χ2n) is 17.0. The molecule has 0 atom stereocenters. The van der Waals surface area contributed by atoms with Gasteiger partial charge < -0.3 is 14.7 Å². The summed E-state index contributed by atoms with van der Waals surface area (Å²) in [7, 11) is 0. The first-order chi connectivity index (χ1) is 23.0. The number of hydrogen-bond donors (Lipinski definition) is 0. The summed E-state index contributed by atoms with van der Waals surface area (Å²) < 4.78 is 0. The lowest BCUT2D eigenvalue weighted by Gasteiger charge is -2.57. The third kappa shape index (κ3) is 9.75. The smallest absolute Gasteiger partial charge is 0.232 e. The minimum Gasteiger partial charge on any atom is -0.338 e. The van der Waals surface area contributed by atoms with E-state index >= 15 is 0 Å². The molecule has 1 aromatic heterocycles. The Bertz CT molecular complexity index is 1120. The van der Waals surface area contributed by atoms with E-state index in [1.807, 2.05) is 24.3 Å². The van der Waals surface area contributed by atoms with Crippen LogP contribution in [0.2, 0.25) is 0 Å². The summed E-state index contributed by atoms with van der Waals surface area (Å²) in [5.74, 6) is 2.29. The van der Waals surface area contributed by atoms with Crippen LogP contribution < -0.4 is 14.7 Å². The van der Waals surface area contributed by atoms with Crippen molar-refractivity contribution in [1.82, 2.24) is 24.8 Å².